The van der Waals surface area contributed by atoms with E-state index < -0.39 is 18.2 Å². The topological polar surface area (TPSA) is 106 Å². The Labute approximate surface area is 186 Å². The first-order chi connectivity index (χ1) is 15.6. The maximum atomic E-state index is 12.3. The fraction of sp³-hybridized carbons (Fsp3) is 0.333. The van der Waals surface area contributed by atoms with Crippen LogP contribution in [-0.2, 0) is 11.2 Å². The molecule has 3 unspecified atom stereocenters. The molecule has 3 atom stereocenters. The lowest BCUT2D eigenvalue weighted by Gasteiger charge is -2.33. The first-order valence-electron chi connectivity index (χ1n) is 10.6. The Morgan fingerprint density at radius 1 is 1.16 bits per heavy atom. The number of carbonyl (C=O) groups is 1. The number of hydrogen-bond donors (Lipinski definition) is 3. The summed E-state index contributed by atoms with van der Waals surface area (Å²) < 4.78 is 16.8. The molecule has 0 bridgehead atoms. The minimum Gasteiger partial charge on any atom is -0.495 e. The Kier molecular flexibility index (Phi) is 7.03. The summed E-state index contributed by atoms with van der Waals surface area (Å²) in [5.41, 5.74) is 2.33. The van der Waals surface area contributed by atoms with E-state index in [-0.39, 0.29) is 12.6 Å². The molecule has 3 N–H and O–H groups in total. The van der Waals surface area contributed by atoms with Gasteiger partial charge in [0.05, 0.1) is 30.7 Å². The highest BCUT2D eigenvalue weighted by Gasteiger charge is 2.31. The summed E-state index contributed by atoms with van der Waals surface area (Å²) in [5.74, 6) is 1.28. The highest BCUT2D eigenvalue weighted by atomic mass is 16.5. The van der Waals surface area contributed by atoms with Crippen molar-refractivity contribution in [2.24, 2.45) is 0 Å². The predicted octanol–water partition coefficient (Wildman–Crippen LogP) is 3.62. The Balaban J connectivity index is 1.30. The minimum atomic E-state index is -0.644. The molecule has 4 rings (SSSR count). The average Bonchev–Trinajstić information content (AvgIpc) is 3.29. The van der Waals surface area contributed by atoms with Crippen molar-refractivity contribution < 1.29 is 23.9 Å². The number of rotatable bonds is 7. The van der Waals surface area contributed by atoms with Gasteiger partial charge < -0.3 is 29.7 Å². The van der Waals surface area contributed by atoms with Gasteiger partial charge in [0.1, 0.15) is 11.9 Å². The zero-order valence-corrected chi connectivity index (χ0v) is 17.9. The maximum Gasteiger partial charge on any atom is 0.319 e. The smallest absolute Gasteiger partial charge is 0.319 e. The average molecular weight is 437 g/mol. The number of methoxy groups -OCH3 is 1. The molecular formula is C24H27N3O5. The van der Waals surface area contributed by atoms with Crippen LogP contribution in [0.1, 0.15) is 18.5 Å². The van der Waals surface area contributed by atoms with Gasteiger partial charge in [0, 0.05) is 24.6 Å². The van der Waals surface area contributed by atoms with Crippen molar-refractivity contribution in [3.05, 3.63) is 66.4 Å². The molecule has 0 spiro atoms. The van der Waals surface area contributed by atoms with Crippen LogP contribution in [0.2, 0.25) is 0 Å². The Morgan fingerprint density at radius 2 is 1.94 bits per heavy atom. The van der Waals surface area contributed by atoms with Crippen LogP contribution in [0.3, 0.4) is 0 Å². The molecule has 168 valence electrons. The van der Waals surface area contributed by atoms with Crippen molar-refractivity contribution in [3.63, 3.8) is 0 Å². The van der Waals surface area contributed by atoms with E-state index in [9.17, 15) is 9.90 Å². The number of ether oxygens (including phenoxy) is 2. The summed E-state index contributed by atoms with van der Waals surface area (Å²) in [6.45, 7) is 0.187. The Bertz CT molecular complexity index is 1020. The van der Waals surface area contributed by atoms with E-state index in [1.54, 1.807) is 19.2 Å². The monoisotopic (exact) mass is 437 g/mol. The van der Waals surface area contributed by atoms with Crippen LogP contribution in [-0.4, -0.2) is 48.3 Å². The van der Waals surface area contributed by atoms with Crippen molar-refractivity contribution in [1.29, 1.82) is 0 Å². The summed E-state index contributed by atoms with van der Waals surface area (Å²) in [5, 5.41) is 20.0. The van der Waals surface area contributed by atoms with Gasteiger partial charge in [-0.3, -0.25) is 0 Å². The molecule has 8 heteroatoms. The molecule has 1 fully saturated rings. The molecule has 8 nitrogen and oxygen atoms in total. The van der Waals surface area contributed by atoms with Crippen LogP contribution in [0.15, 0.2) is 65.2 Å². The van der Waals surface area contributed by atoms with Crippen LogP contribution in [0.25, 0.3) is 11.3 Å². The highest BCUT2D eigenvalue weighted by molar-refractivity contribution is 5.90. The molecule has 1 aliphatic heterocycles. The third kappa shape index (κ3) is 5.46. The van der Waals surface area contributed by atoms with E-state index in [4.69, 9.17) is 14.0 Å². The number of amides is 2. The van der Waals surface area contributed by atoms with E-state index in [2.05, 4.69) is 15.8 Å². The zero-order chi connectivity index (χ0) is 22.3. The molecule has 0 saturated carbocycles. The Hall–Kier alpha value is -3.36. The van der Waals surface area contributed by atoms with Gasteiger partial charge in [-0.1, -0.05) is 47.6 Å². The van der Waals surface area contributed by atoms with Gasteiger partial charge in [-0.15, -0.1) is 0 Å². The van der Waals surface area contributed by atoms with Crippen LogP contribution in [0.5, 0.6) is 5.75 Å². The van der Waals surface area contributed by atoms with Gasteiger partial charge in [0.25, 0.3) is 0 Å². The number of nitrogens with zero attached hydrogens (tertiary/aromatic N) is 1. The summed E-state index contributed by atoms with van der Waals surface area (Å²) in [6.07, 6.45) is 0.615. The van der Waals surface area contributed by atoms with Gasteiger partial charge in [-0.05, 0) is 25.0 Å². The molecule has 2 aromatic carbocycles. The number of anilines is 1. The first-order valence-corrected chi connectivity index (χ1v) is 10.6. The number of benzene rings is 2. The first kappa shape index (κ1) is 21.9. The number of urea groups is 1. The number of aliphatic hydroxyl groups excluding tert-OH is 1. The maximum absolute atomic E-state index is 12.3. The minimum absolute atomic E-state index is 0.115. The third-order valence-corrected chi connectivity index (χ3v) is 5.45. The number of aliphatic hydroxyl groups is 1. The number of para-hydroxylation sites is 2. The SMILES string of the molecule is COc1ccccc1NC(=O)NCC1OC(Cc2cc(-c3ccccc3)on2)CCC1O. The fourth-order valence-electron chi connectivity index (χ4n) is 3.77. The standard InChI is InChI=1S/C24H27N3O5/c1-30-21-10-6-5-9-19(21)26-24(29)25-15-23-20(28)12-11-18(31-23)13-17-14-22(32-27-17)16-7-3-2-4-8-16/h2-10,14,18,20,23,28H,11-13,15H2,1H3,(H2,25,26,29). The number of nitrogens with one attached hydrogen (secondary N) is 2. The lowest BCUT2D eigenvalue weighted by molar-refractivity contribution is -0.113. The highest BCUT2D eigenvalue weighted by Crippen LogP contribution is 2.25. The zero-order valence-electron chi connectivity index (χ0n) is 17.9. The molecule has 32 heavy (non-hydrogen) atoms. The molecule has 1 saturated heterocycles. The van der Waals surface area contributed by atoms with Gasteiger partial charge in [-0.2, -0.15) is 0 Å². The third-order valence-electron chi connectivity index (χ3n) is 5.45. The van der Waals surface area contributed by atoms with Gasteiger partial charge in [0.2, 0.25) is 0 Å². The van der Waals surface area contributed by atoms with Gasteiger partial charge >= 0.3 is 6.03 Å². The molecular weight excluding hydrogens is 410 g/mol. The normalized spacial score (nSPS) is 20.5. The largest absolute Gasteiger partial charge is 0.495 e. The Morgan fingerprint density at radius 3 is 2.75 bits per heavy atom. The van der Waals surface area contributed by atoms with Crippen LogP contribution < -0.4 is 15.4 Å². The molecule has 1 aromatic heterocycles. The van der Waals surface area contributed by atoms with Crippen molar-refractivity contribution in [2.45, 2.75) is 37.6 Å². The fourth-order valence-corrected chi connectivity index (χ4v) is 3.77. The van der Waals surface area contributed by atoms with E-state index in [1.807, 2.05) is 48.5 Å². The summed E-state index contributed by atoms with van der Waals surface area (Å²) >= 11 is 0. The molecule has 1 aliphatic rings. The lowest BCUT2D eigenvalue weighted by atomic mass is 9.98. The van der Waals surface area contributed by atoms with Crippen molar-refractivity contribution in [2.75, 3.05) is 19.0 Å². The summed E-state index contributed by atoms with van der Waals surface area (Å²) in [6, 6.07) is 18.5. The molecule has 3 aromatic rings. The van der Waals surface area contributed by atoms with Crippen molar-refractivity contribution in [1.82, 2.24) is 10.5 Å². The van der Waals surface area contributed by atoms with Gasteiger partial charge in [0.15, 0.2) is 5.76 Å². The molecule has 0 aliphatic carbocycles. The quantitative estimate of drug-likeness (QED) is 0.521. The predicted molar refractivity (Wildman–Crippen MR) is 120 cm³/mol. The number of carbonyl (C=O) groups excluding carboxylic acids is 1. The van der Waals surface area contributed by atoms with E-state index in [1.165, 1.54) is 0 Å². The van der Waals surface area contributed by atoms with E-state index in [0.717, 1.165) is 11.3 Å². The summed E-state index contributed by atoms with van der Waals surface area (Å²) in [4.78, 5) is 12.3. The van der Waals surface area contributed by atoms with E-state index >= 15 is 0 Å². The second-order valence-corrected chi connectivity index (χ2v) is 7.73. The van der Waals surface area contributed by atoms with Gasteiger partial charge in [-0.25, -0.2) is 4.79 Å². The van der Waals surface area contributed by atoms with Crippen molar-refractivity contribution >= 4 is 11.7 Å². The van der Waals surface area contributed by atoms with Crippen LogP contribution in [0, 0.1) is 0 Å². The summed E-state index contributed by atoms with van der Waals surface area (Å²) in [7, 11) is 1.54. The number of hydrogen-bond acceptors (Lipinski definition) is 6. The van der Waals surface area contributed by atoms with Crippen molar-refractivity contribution in [3.8, 4) is 17.1 Å². The number of aromatic nitrogens is 1. The van der Waals surface area contributed by atoms with E-state index in [0.29, 0.717) is 36.5 Å². The second-order valence-electron chi connectivity index (χ2n) is 7.73. The second kappa shape index (κ2) is 10.3. The lowest BCUT2D eigenvalue weighted by Crippen LogP contribution is -2.47. The molecule has 0 radical (unpaired) electrons. The molecule has 2 amide bonds. The molecule has 2 heterocycles. The van der Waals surface area contributed by atoms with Crippen LogP contribution in [0.4, 0.5) is 10.5 Å². The van der Waals surface area contributed by atoms with Crippen LogP contribution >= 0.6 is 0 Å².